The molecule has 1 aromatic heterocycles. The molecule has 0 aliphatic rings. The molecule has 0 unspecified atom stereocenters. The smallest absolute Gasteiger partial charge is 0.0829 e. The molecule has 0 saturated carbocycles. The van der Waals surface area contributed by atoms with E-state index < -0.39 is 0 Å². The van der Waals surface area contributed by atoms with Gasteiger partial charge in [0.1, 0.15) is 0 Å². The number of halogens is 3. The minimum Gasteiger partial charge on any atom is -0.372 e. The van der Waals surface area contributed by atoms with Crippen molar-refractivity contribution in [3.8, 4) is 0 Å². The zero-order valence-electron chi connectivity index (χ0n) is 9.25. The van der Waals surface area contributed by atoms with E-state index in [1.165, 1.54) is 0 Å². The number of rotatable bonds is 3. The van der Waals surface area contributed by atoms with Gasteiger partial charge in [-0.1, -0.05) is 23.2 Å². The first-order valence-electron chi connectivity index (χ1n) is 5.14. The summed E-state index contributed by atoms with van der Waals surface area (Å²) in [6, 6.07) is 5.59. The minimum absolute atomic E-state index is 0.546. The van der Waals surface area contributed by atoms with Crippen LogP contribution in [0.15, 0.2) is 24.4 Å². The van der Waals surface area contributed by atoms with Crippen LogP contribution in [0.2, 0.25) is 10.0 Å². The van der Waals surface area contributed by atoms with Gasteiger partial charge < -0.3 is 4.90 Å². The molecule has 0 bridgehead atoms. The normalized spacial score (nSPS) is 10.8. The van der Waals surface area contributed by atoms with Crippen molar-refractivity contribution in [2.75, 3.05) is 24.4 Å². The topological polar surface area (TPSA) is 16.1 Å². The van der Waals surface area contributed by atoms with Crippen molar-refractivity contribution in [1.29, 1.82) is 0 Å². The molecule has 0 atom stereocenters. The Kier molecular flexibility index (Phi) is 3.97. The van der Waals surface area contributed by atoms with Crippen LogP contribution in [0.5, 0.6) is 0 Å². The van der Waals surface area contributed by atoms with Gasteiger partial charge in [0.05, 0.1) is 16.2 Å². The molecule has 0 aliphatic carbocycles. The van der Waals surface area contributed by atoms with Gasteiger partial charge in [-0.05, 0) is 18.2 Å². The van der Waals surface area contributed by atoms with E-state index in [0.717, 1.165) is 23.1 Å². The summed E-state index contributed by atoms with van der Waals surface area (Å²) >= 11 is 17.9. The van der Waals surface area contributed by atoms with Crippen LogP contribution in [-0.4, -0.2) is 24.5 Å². The van der Waals surface area contributed by atoms with Gasteiger partial charge in [0.25, 0.3) is 0 Å². The first-order valence-corrected chi connectivity index (χ1v) is 6.43. The minimum atomic E-state index is 0.546. The van der Waals surface area contributed by atoms with Crippen molar-refractivity contribution in [2.45, 2.75) is 0 Å². The summed E-state index contributed by atoms with van der Waals surface area (Å²) in [5, 5.41) is 2.26. The van der Waals surface area contributed by atoms with E-state index in [9.17, 15) is 0 Å². The average molecular weight is 290 g/mol. The van der Waals surface area contributed by atoms with Crippen molar-refractivity contribution in [1.82, 2.24) is 4.98 Å². The van der Waals surface area contributed by atoms with Crippen molar-refractivity contribution in [2.24, 2.45) is 0 Å². The fourth-order valence-corrected chi connectivity index (χ4v) is 2.47. The Labute approximate surface area is 115 Å². The van der Waals surface area contributed by atoms with Crippen LogP contribution in [0, 0.1) is 0 Å². The number of aromatic nitrogens is 1. The van der Waals surface area contributed by atoms with Crippen LogP contribution in [0.4, 0.5) is 5.69 Å². The molecule has 0 saturated heterocycles. The van der Waals surface area contributed by atoms with Crippen LogP contribution < -0.4 is 4.90 Å². The Morgan fingerprint density at radius 2 is 2.06 bits per heavy atom. The summed E-state index contributed by atoms with van der Waals surface area (Å²) in [6.45, 7) is 0.725. The van der Waals surface area contributed by atoms with Gasteiger partial charge in [-0.3, -0.25) is 4.98 Å². The highest BCUT2D eigenvalue weighted by Crippen LogP contribution is 2.33. The lowest BCUT2D eigenvalue weighted by Crippen LogP contribution is -2.20. The molecule has 0 spiro atoms. The molecule has 2 nitrogen and oxygen atoms in total. The molecule has 0 N–H and O–H groups in total. The first kappa shape index (κ1) is 12.7. The molecule has 5 heteroatoms. The number of anilines is 1. The van der Waals surface area contributed by atoms with Crippen LogP contribution in [0.3, 0.4) is 0 Å². The molecule has 0 aliphatic heterocycles. The maximum atomic E-state index is 6.19. The number of hydrogen-bond acceptors (Lipinski definition) is 2. The summed E-state index contributed by atoms with van der Waals surface area (Å²) in [4.78, 5) is 6.29. The fraction of sp³-hybridized carbons (Fsp3) is 0.250. The van der Waals surface area contributed by atoms with E-state index >= 15 is 0 Å². The molecule has 2 rings (SSSR count). The Morgan fingerprint density at radius 1 is 1.29 bits per heavy atom. The zero-order valence-corrected chi connectivity index (χ0v) is 11.5. The monoisotopic (exact) mass is 288 g/mol. The predicted octanol–water partition coefficient (Wildman–Crippen LogP) is 4.22. The highest BCUT2D eigenvalue weighted by Gasteiger charge is 2.11. The highest BCUT2D eigenvalue weighted by atomic mass is 35.5. The number of fused-ring (bicyclic) bond motifs is 1. The van der Waals surface area contributed by atoms with Crippen LogP contribution in [0.25, 0.3) is 10.9 Å². The summed E-state index contributed by atoms with van der Waals surface area (Å²) in [6.07, 6.45) is 1.64. The van der Waals surface area contributed by atoms with E-state index in [1.54, 1.807) is 6.20 Å². The van der Waals surface area contributed by atoms with Gasteiger partial charge in [-0.25, -0.2) is 0 Å². The van der Waals surface area contributed by atoms with E-state index in [-0.39, 0.29) is 0 Å². The molecule has 17 heavy (non-hydrogen) atoms. The van der Waals surface area contributed by atoms with Crippen LogP contribution >= 0.6 is 34.8 Å². The van der Waals surface area contributed by atoms with E-state index in [0.29, 0.717) is 15.9 Å². The van der Waals surface area contributed by atoms with E-state index in [1.807, 2.05) is 30.1 Å². The lowest BCUT2D eigenvalue weighted by molar-refractivity contribution is 0.978. The summed E-state index contributed by atoms with van der Waals surface area (Å²) in [5.41, 5.74) is 1.77. The van der Waals surface area contributed by atoms with E-state index in [4.69, 9.17) is 34.8 Å². The number of pyridine rings is 1. The molecular weight excluding hydrogens is 279 g/mol. The predicted molar refractivity (Wildman–Crippen MR) is 75.8 cm³/mol. The standard InChI is InChI=1S/C12H11Cl3N2/c1-17(5-4-13)12-9-3-2-8(14)6-11(9)16-7-10(12)15/h2-3,6-7H,4-5H2,1H3. The summed E-state index contributed by atoms with van der Waals surface area (Å²) in [5.74, 6) is 0.546. The molecule has 0 fully saturated rings. The Bertz CT molecular complexity index is 543. The quantitative estimate of drug-likeness (QED) is 0.787. The zero-order chi connectivity index (χ0) is 12.4. The largest absolute Gasteiger partial charge is 0.372 e. The van der Waals surface area contributed by atoms with E-state index in [2.05, 4.69) is 4.98 Å². The fourth-order valence-electron chi connectivity index (χ4n) is 1.75. The van der Waals surface area contributed by atoms with Gasteiger partial charge >= 0.3 is 0 Å². The molecule has 0 amide bonds. The third-order valence-electron chi connectivity index (χ3n) is 2.56. The van der Waals surface area contributed by atoms with Crippen LogP contribution in [0.1, 0.15) is 0 Å². The van der Waals surface area contributed by atoms with Crippen molar-refractivity contribution < 1.29 is 0 Å². The first-order chi connectivity index (χ1) is 8.13. The summed E-state index contributed by atoms with van der Waals surface area (Å²) in [7, 11) is 1.96. The summed E-state index contributed by atoms with van der Waals surface area (Å²) < 4.78 is 0. The van der Waals surface area contributed by atoms with Gasteiger partial charge in [-0.2, -0.15) is 0 Å². The average Bonchev–Trinajstić information content (AvgIpc) is 2.29. The maximum Gasteiger partial charge on any atom is 0.0829 e. The molecule has 1 aromatic carbocycles. The molecule has 2 aromatic rings. The number of benzene rings is 1. The third-order valence-corrected chi connectivity index (χ3v) is 3.24. The second-order valence-corrected chi connectivity index (χ2v) is 4.95. The SMILES string of the molecule is CN(CCCl)c1c(Cl)cnc2cc(Cl)ccc12. The second kappa shape index (κ2) is 5.30. The Balaban J connectivity index is 2.63. The van der Waals surface area contributed by atoms with Crippen molar-refractivity contribution in [3.63, 3.8) is 0 Å². The molecule has 90 valence electrons. The lowest BCUT2D eigenvalue weighted by atomic mass is 10.1. The Morgan fingerprint density at radius 3 is 2.76 bits per heavy atom. The second-order valence-electron chi connectivity index (χ2n) is 3.73. The van der Waals surface area contributed by atoms with Gasteiger partial charge in [-0.15, -0.1) is 11.6 Å². The van der Waals surface area contributed by atoms with Gasteiger partial charge in [0, 0.05) is 36.1 Å². The van der Waals surface area contributed by atoms with Crippen molar-refractivity contribution >= 4 is 51.4 Å². The number of alkyl halides is 1. The van der Waals surface area contributed by atoms with Gasteiger partial charge in [0.15, 0.2) is 0 Å². The number of nitrogens with zero attached hydrogens (tertiary/aromatic N) is 2. The molecule has 1 heterocycles. The highest BCUT2D eigenvalue weighted by molar-refractivity contribution is 6.35. The van der Waals surface area contributed by atoms with Crippen LogP contribution in [-0.2, 0) is 0 Å². The maximum absolute atomic E-state index is 6.19. The third kappa shape index (κ3) is 2.59. The van der Waals surface area contributed by atoms with Crippen molar-refractivity contribution in [3.05, 3.63) is 34.4 Å². The number of hydrogen-bond donors (Lipinski definition) is 0. The van der Waals surface area contributed by atoms with Gasteiger partial charge in [0.2, 0.25) is 0 Å². The Hall–Kier alpha value is -0.700. The molecular formula is C12H11Cl3N2. The lowest BCUT2D eigenvalue weighted by Gasteiger charge is -2.21. The molecule has 0 radical (unpaired) electrons.